The maximum absolute atomic E-state index is 14.6. The summed E-state index contributed by atoms with van der Waals surface area (Å²) in [7, 11) is 0. The van der Waals surface area contributed by atoms with E-state index in [-0.39, 0.29) is 11.7 Å². The standard InChI is InChI=1S/C24H30F2O/c1-4-17(3)27-22-14-13-21(23(25)24(22)26)20-11-9-19(10-12-20)15-18-7-5-16(2)6-8-18/h1,13-17,19-20H,5-12H2,2-3H3. The summed E-state index contributed by atoms with van der Waals surface area (Å²) in [6, 6.07) is 3.18. The summed E-state index contributed by atoms with van der Waals surface area (Å²) < 4.78 is 34.2. The second kappa shape index (κ2) is 8.91. The summed E-state index contributed by atoms with van der Waals surface area (Å²) in [5.74, 6) is 2.09. The number of rotatable bonds is 4. The second-order valence-corrected chi connectivity index (χ2v) is 8.33. The molecule has 0 amide bonds. The van der Waals surface area contributed by atoms with Crippen molar-refractivity contribution < 1.29 is 13.5 Å². The highest BCUT2D eigenvalue weighted by Gasteiger charge is 2.26. The van der Waals surface area contributed by atoms with Crippen LogP contribution in [0.25, 0.3) is 0 Å². The van der Waals surface area contributed by atoms with E-state index < -0.39 is 17.7 Å². The summed E-state index contributed by atoms with van der Waals surface area (Å²) in [6.07, 6.45) is 16.1. The molecule has 0 aliphatic heterocycles. The molecule has 0 N–H and O–H groups in total. The van der Waals surface area contributed by atoms with Gasteiger partial charge in [-0.1, -0.05) is 30.6 Å². The molecule has 1 aromatic rings. The zero-order valence-electron chi connectivity index (χ0n) is 16.4. The topological polar surface area (TPSA) is 9.23 Å². The Morgan fingerprint density at radius 3 is 2.37 bits per heavy atom. The molecular formula is C24H30F2O. The van der Waals surface area contributed by atoms with Crippen LogP contribution in [-0.2, 0) is 0 Å². The molecule has 1 atom stereocenters. The van der Waals surface area contributed by atoms with Crippen LogP contribution in [0.5, 0.6) is 5.75 Å². The number of hydrogen-bond acceptors (Lipinski definition) is 1. The molecule has 0 saturated heterocycles. The van der Waals surface area contributed by atoms with Crippen molar-refractivity contribution >= 4 is 0 Å². The Balaban J connectivity index is 1.62. The minimum atomic E-state index is -0.921. The van der Waals surface area contributed by atoms with Gasteiger partial charge in [0, 0.05) is 0 Å². The van der Waals surface area contributed by atoms with Crippen LogP contribution in [0.4, 0.5) is 8.78 Å². The van der Waals surface area contributed by atoms with Gasteiger partial charge in [-0.3, -0.25) is 0 Å². The van der Waals surface area contributed by atoms with Gasteiger partial charge in [0.25, 0.3) is 0 Å². The van der Waals surface area contributed by atoms with E-state index in [1.54, 1.807) is 18.6 Å². The van der Waals surface area contributed by atoms with E-state index in [4.69, 9.17) is 11.2 Å². The Morgan fingerprint density at radius 2 is 1.74 bits per heavy atom. The molecule has 2 fully saturated rings. The number of terminal acetylenes is 1. The summed E-state index contributed by atoms with van der Waals surface area (Å²) in [4.78, 5) is 0. The molecule has 3 rings (SSSR count). The molecule has 1 unspecified atom stereocenters. The van der Waals surface area contributed by atoms with Gasteiger partial charge in [-0.25, -0.2) is 4.39 Å². The summed E-state index contributed by atoms with van der Waals surface area (Å²) in [5.41, 5.74) is 2.09. The molecule has 1 nitrogen and oxygen atoms in total. The lowest BCUT2D eigenvalue weighted by atomic mass is 9.76. The molecule has 0 spiro atoms. The van der Waals surface area contributed by atoms with Crippen LogP contribution in [0, 0.1) is 35.8 Å². The van der Waals surface area contributed by atoms with Crippen molar-refractivity contribution in [3.63, 3.8) is 0 Å². The van der Waals surface area contributed by atoms with E-state index in [9.17, 15) is 8.78 Å². The smallest absolute Gasteiger partial charge is 0.200 e. The number of ether oxygens (including phenoxy) is 1. The Morgan fingerprint density at radius 1 is 1.07 bits per heavy atom. The second-order valence-electron chi connectivity index (χ2n) is 8.33. The number of allylic oxidation sites excluding steroid dienone is 2. The van der Waals surface area contributed by atoms with Crippen molar-refractivity contribution in [3.05, 3.63) is 41.0 Å². The number of hydrogen-bond donors (Lipinski definition) is 0. The Kier molecular flexibility index (Phi) is 6.58. The molecule has 3 heteroatoms. The van der Waals surface area contributed by atoms with Crippen LogP contribution in [0.15, 0.2) is 23.8 Å². The van der Waals surface area contributed by atoms with Crippen molar-refractivity contribution in [1.29, 1.82) is 0 Å². The Bertz CT molecular complexity index is 713. The first-order valence-corrected chi connectivity index (χ1v) is 10.3. The third-order valence-electron chi connectivity index (χ3n) is 6.21. The molecule has 0 aromatic heterocycles. The minimum Gasteiger partial charge on any atom is -0.475 e. The van der Waals surface area contributed by atoms with Gasteiger partial charge in [0.2, 0.25) is 5.82 Å². The van der Waals surface area contributed by atoms with Crippen molar-refractivity contribution in [3.8, 4) is 18.1 Å². The fraction of sp³-hybridized carbons (Fsp3) is 0.583. The normalized spacial score (nSPS) is 26.9. The molecule has 0 radical (unpaired) electrons. The molecule has 2 saturated carbocycles. The van der Waals surface area contributed by atoms with Crippen LogP contribution in [0.1, 0.15) is 76.7 Å². The van der Waals surface area contributed by atoms with Gasteiger partial charge in [0.05, 0.1) is 0 Å². The molecule has 27 heavy (non-hydrogen) atoms. The fourth-order valence-corrected chi connectivity index (χ4v) is 4.41. The lowest BCUT2D eigenvalue weighted by Crippen LogP contribution is -2.15. The van der Waals surface area contributed by atoms with E-state index in [1.807, 2.05) is 0 Å². The fourth-order valence-electron chi connectivity index (χ4n) is 4.41. The third kappa shape index (κ3) is 4.92. The Labute approximate surface area is 162 Å². The third-order valence-corrected chi connectivity index (χ3v) is 6.21. The lowest BCUT2D eigenvalue weighted by molar-refractivity contribution is 0.259. The zero-order valence-corrected chi connectivity index (χ0v) is 16.4. The van der Waals surface area contributed by atoms with Crippen LogP contribution in [0.2, 0.25) is 0 Å². The monoisotopic (exact) mass is 372 g/mol. The minimum absolute atomic E-state index is 0.0830. The number of halogens is 2. The predicted octanol–water partition coefficient (Wildman–Crippen LogP) is 6.78. The average molecular weight is 372 g/mol. The molecule has 146 valence electrons. The van der Waals surface area contributed by atoms with Crippen molar-refractivity contribution in [1.82, 2.24) is 0 Å². The van der Waals surface area contributed by atoms with E-state index >= 15 is 0 Å². The van der Waals surface area contributed by atoms with Crippen LogP contribution >= 0.6 is 0 Å². The quantitative estimate of drug-likeness (QED) is 0.418. The van der Waals surface area contributed by atoms with E-state index in [1.165, 1.54) is 31.7 Å². The van der Waals surface area contributed by atoms with Gasteiger partial charge in [0.1, 0.15) is 0 Å². The van der Waals surface area contributed by atoms with Gasteiger partial charge >= 0.3 is 0 Å². The predicted molar refractivity (Wildman–Crippen MR) is 106 cm³/mol. The van der Waals surface area contributed by atoms with E-state index in [0.29, 0.717) is 11.5 Å². The highest BCUT2D eigenvalue weighted by atomic mass is 19.2. The maximum atomic E-state index is 14.6. The van der Waals surface area contributed by atoms with Gasteiger partial charge in [-0.2, -0.15) is 4.39 Å². The van der Waals surface area contributed by atoms with Crippen molar-refractivity contribution in [2.24, 2.45) is 11.8 Å². The molecule has 0 bridgehead atoms. The number of benzene rings is 1. The average Bonchev–Trinajstić information content (AvgIpc) is 2.68. The van der Waals surface area contributed by atoms with Crippen LogP contribution < -0.4 is 4.74 Å². The first kappa shape index (κ1) is 19.9. The largest absolute Gasteiger partial charge is 0.475 e. The highest BCUT2D eigenvalue weighted by Crippen LogP contribution is 2.40. The zero-order chi connectivity index (χ0) is 19.4. The Hall–Kier alpha value is -1.82. The maximum Gasteiger partial charge on any atom is 0.200 e. The summed E-state index contributed by atoms with van der Waals surface area (Å²) in [5, 5.41) is 0. The highest BCUT2D eigenvalue weighted by molar-refractivity contribution is 5.34. The molecule has 0 heterocycles. The summed E-state index contributed by atoms with van der Waals surface area (Å²) >= 11 is 0. The van der Waals surface area contributed by atoms with Crippen LogP contribution in [0.3, 0.4) is 0 Å². The SMILES string of the molecule is C#CC(C)Oc1ccc(C2CCC(C=C3CCC(C)CC3)CC2)c(F)c1F. The van der Waals surface area contributed by atoms with Gasteiger partial charge < -0.3 is 4.74 Å². The van der Waals surface area contributed by atoms with Crippen molar-refractivity contribution in [2.75, 3.05) is 0 Å². The van der Waals surface area contributed by atoms with Gasteiger partial charge in [-0.15, -0.1) is 6.42 Å². The van der Waals surface area contributed by atoms with Crippen molar-refractivity contribution in [2.45, 2.75) is 77.2 Å². The van der Waals surface area contributed by atoms with Gasteiger partial charge in [0.15, 0.2) is 17.7 Å². The molecule has 1 aromatic carbocycles. The lowest BCUT2D eigenvalue weighted by Gasteiger charge is -2.29. The van der Waals surface area contributed by atoms with Gasteiger partial charge in [-0.05, 0) is 87.7 Å². The van der Waals surface area contributed by atoms with E-state index in [0.717, 1.165) is 31.6 Å². The summed E-state index contributed by atoms with van der Waals surface area (Å²) in [6.45, 7) is 3.97. The first-order chi connectivity index (χ1) is 13.0. The molecule has 2 aliphatic rings. The molecular weight excluding hydrogens is 342 g/mol. The van der Waals surface area contributed by atoms with Crippen LogP contribution in [-0.4, -0.2) is 6.10 Å². The first-order valence-electron chi connectivity index (χ1n) is 10.3. The molecule has 2 aliphatic carbocycles. The van der Waals surface area contributed by atoms with E-state index in [2.05, 4.69) is 18.9 Å².